The zero-order chi connectivity index (χ0) is 29.1. The lowest BCUT2D eigenvalue weighted by molar-refractivity contribution is -0.121. The van der Waals surface area contributed by atoms with Gasteiger partial charge in [-0.3, -0.25) is 9.59 Å². The average molecular weight is 565 g/mol. The summed E-state index contributed by atoms with van der Waals surface area (Å²) in [4.78, 5) is 30.8. The first kappa shape index (κ1) is 27.4. The molecule has 0 saturated carbocycles. The van der Waals surface area contributed by atoms with Gasteiger partial charge in [-0.05, 0) is 43.0 Å². The van der Waals surface area contributed by atoms with E-state index in [-0.39, 0.29) is 17.6 Å². The number of nitrogens with zero attached hydrogens (tertiary/aromatic N) is 3. The summed E-state index contributed by atoms with van der Waals surface area (Å²) in [5.74, 6) is -0.131. The number of fused-ring (bicyclic) bond motifs is 1. The molecule has 1 aliphatic heterocycles. The summed E-state index contributed by atoms with van der Waals surface area (Å²) in [5, 5.41) is 4.58. The van der Waals surface area contributed by atoms with Crippen LogP contribution in [0.3, 0.4) is 0 Å². The second-order valence-corrected chi connectivity index (χ2v) is 10.7. The van der Waals surface area contributed by atoms with Crippen LogP contribution in [0.2, 0.25) is 0 Å². The van der Waals surface area contributed by atoms with Crippen LogP contribution < -0.4 is 10.3 Å². The third-order valence-corrected chi connectivity index (χ3v) is 8.11. The Morgan fingerprint density at radius 2 is 1.48 bits per heavy atom. The van der Waals surface area contributed by atoms with Crippen molar-refractivity contribution in [2.75, 3.05) is 31.1 Å². The predicted molar refractivity (Wildman–Crippen MR) is 160 cm³/mol. The number of nitrogens with one attached hydrogen (secondary N) is 1. The molecule has 6 rings (SSSR count). The molecule has 214 valence electrons. The summed E-state index contributed by atoms with van der Waals surface area (Å²) < 4.78 is 20.4. The van der Waals surface area contributed by atoms with Gasteiger partial charge in [0.2, 0.25) is 0 Å². The van der Waals surface area contributed by atoms with Crippen molar-refractivity contribution in [3.8, 4) is 0 Å². The van der Waals surface area contributed by atoms with E-state index in [0.29, 0.717) is 56.2 Å². The quantitative estimate of drug-likeness (QED) is 0.306. The molecule has 3 aromatic carbocycles. The van der Waals surface area contributed by atoms with Gasteiger partial charge in [-0.15, -0.1) is 0 Å². The molecule has 0 radical (unpaired) electrons. The highest BCUT2D eigenvalue weighted by Gasteiger charge is 2.32. The lowest BCUT2D eigenvalue weighted by atomic mass is 9.90. The first-order chi connectivity index (χ1) is 20.5. The van der Waals surface area contributed by atoms with Crippen LogP contribution in [0.1, 0.15) is 57.3 Å². The Morgan fingerprint density at radius 3 is 2.12 bits per heavy atom. The normalized spacial score (nSPS) is 16.0. The second-order valence-electron chi connectivity index (χ2n) is 10.7. The van der Waals surface area contributed by atoms with Gasteiger partial charge < -0.3 is 14.2 Å². The van der Waals surface area contributed by atoms with E-state index in [0.717, 1.165) is 34.4 Å². The van der Waals surface area contributed by atoms with Crippen molar-refractivity contribution >= 4 is 23.2 Å². The van der Waals surface area contributed by atoms with Crippen LogP contribution in [0, 0.1) is 12.7 Å². The largest absolute Gasteiger partial charge is 0.455 e. The second kappa shape index (κ2) is 12.0. The summed E-state index contributed by atoms with van der Waals surface area (Å²) >= 11 is 0. The number of carbonyl (C=O) groups excluding carboxylic acids is 2. The fraction of sp³-hybridized carbons (Fsp3) is 0.265. The average Bonchev–Trinajstić information content (AvgIpc) is 3.38. The molecular formula is C34H33FN4O3. The van der Waals surface area contributed by atoms with Crippen LogP contribution in [0.25, 0.3) is 0 Å². The molecule has 0 unspecified atom stereocenters. The van der Waals surface area contributed by atoms with E-state index in [1.807, 2.05) is 78.6 Å². The maximum absolute atomic E-state index is 14.3. The molecule has 1 aromatic heterocycles. The lowest BCUT2D eigenvalue weighted by Gasteiger charge is -2.35. The topological polar surface area (TPSA) is 78.2 Å². The Morgan fingerprint density at radius 1 is 0.857 bits per heavy atom. The Bertz CT molecular complexity index is 1570. The number of benzene rings is 3. The van der Waals surface area contributed by atoms with Gasteiger partial charge in [-0.2, -0.15) is 5.10 Å². The van der Waals surface area contributed by atoms with Crippen molar-refractivity contribution in [2.24, 2.45) is 5.10 Å². The number of hydrogen-bond donors (Lipinski definition) is 1. The monoisotopic (exact) mass is 564 g/mol. The summed E-state index contributed by atoms with van der Waals surface area (Å²) in [5.41, 5.74) is 7.41. The van der Waals surface area contributed by atoms with Gasteiger partial charge in [0.25, 0.3) is 11.8 Å². The fourth-order valence-corrected chi connectivity index (χ4v) is 5.96. The highest BCUT2D eigenvalue weighted by molar-refractivity contribution is 6.07. The van der Waals surface area contributed by atoms with Crippen molar-refractivity contribution in [1.82, 2.24) is 10.3 Å². The molecule has 0 atom stereocenters. The van der Waals surface area contributed by atoms with Crippen LogP contribution >= 0.6 is 0 Å². The summed E-state index contributed by atoms with van der Waals surface area (Å²) in [6, 6.07) is 26.0. The molecule has 4 aromatic rings. The number of para-hydroxylation sites is 1. The first-order valence-electron chi connectivity index (χ1n) is 14.4. The van der Waals surface area contributed by atoms with Gasteiger partial charge in [0.15, 0.2) is 5.76 Å². The number of rotatable bonds is 6. The zero-order valence-corrected chi connectivity index (χ0v) is 23.6. The van der Waals surface area contributed by atoms with Crippen LogP contribution in [-0.2, 0) is 11.2 Å². The SMILES string of the molecule is Cc1c(C(=O)N2CCN(c3ccccc3F)CC2)oc2c1/C(=N/NC(=O)C(c1ccccc1)c1ccccc1)CCC2. The zero-order valence-electron chi connectivity index (χ0n) is 23.6. The molecular weight excluding hydrogens is 531 g/mol. The molecule has 7 nitrogen and oxygen atoms in total. The molecule has 1 aliphatic carbocycles. The van der Waals surface area contributed by atoms with E-state index in [9.17, 15) is 14.0 Å². The standard InChI is InChI=1S/C34H33FN4O3/c1-23-30-27(36-37-33(40)31(24-11-4-2-5-12-24)25-13-6-3-7-14-25)16-10-18-29(30)42-32(23)34(41)39-21-19-38(20-22-39)28-17-9-8-15-26(28)35/h2-9,11-15,17,31H,10,16,18-22H2,1H3,(H,37,40)/b36-27+. The number of anilines is 1. The number of carbonyl (C=O) groups is 2. The molecule has 1 saturated heterocycles. The summed E-state index contributed by atoms with van der Waals surface area (Å²) in [6.45, 7) is 3.89. The maximum atomic E-state index is 14.3. The van der Waals surface area contributed by atoms with Crippen molar-refractivity contribution in [3.05, 3.63) is 125 Å². The van der Waals surface area contributed by atoms with Gasteiger partial charge in [0.1, 0.15) is 11.6 Å². The molecule has 2 heterocycles. The number of amides is 2. The van der Waals surface area contributed by atoms with Crippen LogP contribution in [0.5, 0.6) is 0 Å². The van der Waals surface area contributed by atoms with Gasteiger partial charge in [-0.25, -0.2) is 9.82 Å². The third-order valence-electron chi connectivity index (χ3n) is 8.11. The van der Waals surface area contributed by atoms with Crippen molar-refractivity contribution in [2.45, 2.75) is 32.1 Å². The number of hydrogen-bond acceptors (Lipinski definition) is 5. The molecule has 8 heteroatoms. The number of aryl methyl sites for hydroxylation is 1. The Kier molecular flexibility index (Phi) is 7.86. The van der Waals surface area contributed by atoms with Crippen molar-refractivity contribution in [1.29, 1.82) is 0 Å². The van der Waals surface area contributed by atoms with Crippen LogP contribution in [0.4, 0.5) is 10.1 Å². The van der Waals surface area contributed by atoms with E-state index in [4.69, 9.17) is 4.42 Å². The van der Waals surface area contributed by atoms with Gasteiger partial charge in [0, 0.05) is 43.7 Å². The highest BCUT2D eigenvalue weighted by atomic mass is 19.1. The van der Waals surface area contributed by atoms with Crippen molar-refractivity contribution < 1.29 is 18.4 Å². The molecule has 0 spiro atoms. The number of furan rings is 1. The van der Waals surface area contributed by atoms with E-state index < -0.39 is 5.92 Å². The molecule has 0 bridgehead atoms. The van der Waals surface area contributed by atoms with Gasteiger partial charge in [-0.1, -0.05) is 72.8 Å². The fourth-order valence-electron chi connectivity index (χ4n) is 5.96. The number of piperazine rings is 1. The number of halogens is 1. The molecule has 1 fully saturated rings. The Hall–Kier alpha value is -4.72. The van der Waals surface area contributed by atoms with Crippen LogP contribution in [0.15, 0.2) is 94.4 Å². The van der Waals surface area contributed by atoms with E-state index in [1.54, 1.807) is 17.0 Å². The van der Waals surface area contributed by atoms with Gasteiger partial charge >= 0.3 is 0 Å². The third kappa shape index (κ3) is 5.44. The van der Waals surface area contributed by atoms with Gasteiger partial charge in [0.05, 0.1) is 17.3 Å². The highest BCUT2D eigenvalue weighted by Crippen LogP contribution is 2.31. The number of hydrazone groups is 1. The van der Waals surface area contributed by atoms with E-state index in [2.05, 4.69) is 10.5 Å². The smallest absolute Gasteiger partial charge is 0.289 e. The maximum Gasteiger partial charge on any atom is 0.289 e. The summed E-state index contributed by atoms with van der Waals surface area (Å²) in [7, 11) is 0. The molecule has 1 N–H and O–H groups in total. The molecule has 2 aliphatic rings. The van der Waals surface area contributed by atoms with E-state index in [1.165, 1.54) is 6.07 Å². The minimum Gasteiger partial charge on any atom is -0.455 e. The Labute approximate surface area is 244 Å². The minimum absolute atomic E-state index is 0.174. The van der Waals surface area contributed by atoms with E-state index >= 15 is 0 Å². The Balaban J connectivity index is 1.19. The van der Waals surface area contributed by atoms with Crippen LogP contribution in [-0.4, -0.2) is 48.6 Å². The predicted octanol–water partition coefficient (Wildman–Crippen LogP) is 5.68. The minimum atomic E-state index is -0.509. The molecule has 42 heavy (non-hydrogen) atoms. The summed E-state index contributed by atoms with van der Waals surface area (Å²) in [6.07, 6.45) is 2.18. The van der Waals surface area contributed by atoms with Crippen molar-refractivity contribution in [3.63, 3.8) is 0 Å². The lowest BCUT2D eigenvalue weighted by Crippen LogP contribution is -2.49. The first-order valence-corrected chi connectivity index (χ1v) is 14.4. The molecule has 2 amide bonds.